The highest BCUT2D eigenvalue weighted by molar-refractivity contribution is 7.23. The molecular formula is C19H18N2O2S. The van der Waals surface area contributed by atoms with E-state index in [1.54, 1.807) is 18.4 Å². The number of imidazole rings is 1. The van der Waals surface area contributed by atoms with Gasteiger partial charge in [-0.25, -0.2) is 4.98 Å². The summed E-state index contributed by atoms with van der Waals surface area (Å²) in [5.41, 5.74) is 3.08. The van der Waals surface area contributed by atoms with E-state index in [9.17, 15) is 0 Å². The van der Waals surface area contributed by atoms with Crippen LogP contribution in [-0.2, 0) is 0 Å². The van der Waals surface area contributed by atoms with Crippen molar-refractivity contribution in [3.8, 4) is 22.8 Å². The van der Waals surface area contributed by atoms with Crippen LogP contribution in [0.2, 0.25) is 0 Å². The van der Waals surface area contributed by atoms with E-state index in [0.29, 0.717) is 0 Å². The van der Waals surface area contributed by atoms with Crippen molar-refractivity contribution >= 4 is 26.5 Å². The van der Waals surface area contributed by atoms with E-state index in [4.69, 9.17) is 14.5 Å². The van der Waals surface area contributed by atoms with Gasteiger partial charge >= 0.3 is 0 Å². The second-order valence-corrected chi connectivity index (χ2v) is 6.57. The third-order valence-corrected chi connectivity index (χ3v) is 4.94. The second kappa shape index (κ2) is 6.17. The third kappa shape index (κ3) is 2.51. The molecule has 122 valence electrons. The first-order valence-electron chi connectivity index (χ1n) is 7.98. The highest BCUT2D eigenvalue weighted by atomic mass is 32.1. The molecule has 0 atom stereocenters. The van der Waals surface area contributed by atoms with Crippen LogP contribution in [0.3, 0.4) is 0 Å². The Morgan fingerprint density at radius 3 is 2.88 bits per heavy atom. The number of aromatic nitrogens is 2. The number of benzene rings is 2. The van der Waals surface area contributed by atoms with E-state index >= 15 is 0 Å². The minimum Gasteiger partial charge on any atom is -0.496 e. The molecule has 4 nitrogen and oxygen atoms in total. The molecule has 0 N–H and O–H groups in total. The summed E-state index contributed by atoms with van der Waals surface area (Å²) in [4.78, 5) is 5.75. The molecule has 0 spiro atoms. The number of hydrogen-bond donors (Lipinski definition) is 0. The van der Waals surface area contributed by atoms with Gasteiger partial charge in [-0.15, -0.1) is 0 Å². The monoisotopic (exact) mass is 338 g/mol. The van der Waals surface area contributed by atoms with Crippen LogP contribution in [0.4, 0.5) is 0 Å². The van der Waals surface area contributed by atoms with Crippen LogP contribution in [0, 0.1) is 0 Å². The first kappa shape index (κ1) is 15.0. The van der Waals surface area contributed by atoms with Gasteiger partial charge in [-0.2, -0.15) is 0 Å². The van der Waals surface area contributed by atoms with Gasteiger partial charge in [0.15, 0.2) is 4.96 Å². The number of fused-ring (bicyclic) bond motifs is 3. The Kier molecular flexibility index (Phi) is 3.86. The standard InChI is InChI=1S/C19H18N2O2S/c1-3-10-23-13-8-9-16-18(11-13)24-19-20-15(12-21(16)19)14-6-4-5-7-17(14)22-2/h4-9,11-12H,3,10H2,1-2H3. The Balaban J connectivity index is 1.79. The van der Waals surface area contributed by atoms with Crippen LogP contribution in [0.15, 0.2) is 48.7 Å². The molecule has 0 unspecified atom stereocenters. The highest BCUT2D eigenvalue weighted by Crippen LogP contribution is 2.34. The number of thiazole rings is 1. The summed E-state index contributed by atoms with van der Waals surface area (Å²) in [5.74, 6) is 1.75. The number of methoxy groups -OCH3 is 1. The molecule has 0 aliphatic carbocycles. The van der Waals surface area contributed by atoms with E-state index in [0.717, 1.165) is 46.3 Å². The fraction of sp³-hybridized carbons (Fsp3) is 0.211. The minimum atomic E-state index is 0.742. The summed E-state index contributed by atoms with van der Waals surface area (Å²) >= 11 is 1.67. The van der Waals surface area contributed by atoms with Gasteiger partial charge in [-0.3, -0.25) is 4.40 Å². The van der Waals surface area contributed by atoms with Crippen molar-refractivity contribution < 1.29 is 9.47 Å². The lowest BCUT2D eigenvalue weighted by molar-refractivity contribution is 0.318. The van der Waals surface area contributed by atoms with E-state index < -0.39 is 0 Å². The molecule has 0 aliphatic rings. The molecule has 5 heteroatoms. The number of nitrogens with zero attached hydrogens (tertiary/aromatic N) is 2. The van der Waals surface area contributed by atoms with E-state index in [1.807, 2.05) is 30.3 Å². The molecular weight excluding hydrogens is 320 g/mol. The van der Waals surface area contributed by atoms with Crippen LogP contribution in [0.5, 0.6) is 11.5 Å². The lowest BCUT2D eigenvalue weighted by atomic mass is 10.1. The molecule has 4 aromatic rings. The molecule has 0 saturated carbocycles. The average molecular weight is 338 g/mol. The van der Waals surface area contributed by atoms with Gasteiger partial charge < -0.3 is 9.47 Å². The van der Waals surface area contributed by atoms with Crippen molar-refractivity contribution in [3.05, 3.63) is 48.7 Å². The van der Waals surface area contributed by atoms with Crippen LogP contribution >= 0.6 is 11.3 Å². The number of ether oxygens (including phenoxy) is 2. The molecule has 0 fully saturated rings. The Hall–Kier alpha value is -2.53. The van der Waals surface area contributed by atoms with Crippen molar-refractivity contribution in [1.82, 2.24) is 9.38 Å². The third-order valence-electron chi connectivity index (χ3n) is 3.92. The lowest BCUT2D eigenvalue weighted by Crippen LogP contribution is -1.94. The van der Waals surface area contributed by atoms with Gasteiger partial charge in [-0.05, 0) is 36.8 Å². The van der Waals surface area contributed by atoms with Crippen molar-refractivity contribution in [2.45, 2.75) is 13.3 Å². The summed E-state index contributed by atoms with van der Waals surface area (Å²) in [7, 11) is 1.69. The van der Waals surface area contributed by atoms with Gasteiger partial charge in [0.1, 0.15) is 11.5 Å². The normalized spacial score (nSPS) is 11.2. The van der Waals surface area contributed by atoms with Crippen LogP contribution in [0.25, 0.3) is 26.4 Å². The fourth-order valence-electron chi connectivity index (χ4n) is 2.78. The summed E-state index contributed by atoms with van der Waals surface area (Å²) in [5, 5.41) is 0. The average Bonchev–Trinajstić information content (AvgIpc) is 3.17. The molecule has 0 aliphatic heterocycles. The first-order valence-corrected chi connectivity index (χ1v) is 8.79. The Morgan fingerprint density at radius 1 is 1.17 bits per heavy atom. The van der Waals surface area contributed by atoms with Crippen molar-refractivity contribution in [2.75, 3.05) is 13.7 Å². The molecule has 2 aromatic carbocycles. The number of hydrogen-bond acceptors (Lipinski definition) is 4. The van der Waals surface area contributed by atoms with Crippen molar-refractivity contribution in [2.24, 2.45) is 0 Å². The fourth-order valence-corrected chi connectivity index (χ4v) is 3.81. The molecule has 4 rings (SSSR count). The zero-order chi connectivity index (χ0) is 16.5. The first-order chi connectivity index (χ1) is 11.8. The summed E-state index contributed by atoms with van der Waals surface area (Å²) in [6.45, 7) is 2.85. The molecule has 2 heterocycles. The smallest absolute Gasteiger partial charge is 0.195 e. The molecule has 0 radical (unpaired) electrons. The highest BCUT2D eigenvalue weighted by Gasteiger charge is 2.13. The Bertz CT molecular complexity index is 1000. The van der Waals surface area contributed by atoms with Gasteiger partial charge in [0.25, 0.3) is 0 Å². The molecule has 0 saturated heterocycles. The maximum Gasteiger partial charge on any atom is 0.195 e. The van der Waals surface area contributed by atoms with Crippen LogP contribution < -0.4 is 9.47 Å². The molecule has 0 amide bonds. The maximum atomic E-state index is 5.72. The van der Waals surface area contributed by atoms with Crippen LogP contribution in [0.1, 0.15) is 13.3 Å². The zero-order valence-corrected chi connectivity index (χ0v) is 14.5. The molecule has 24 heavy (non-hydrogen) atoms. The van der Waals surface area contributed by atoms with Gasteiger partial charge in [0, 0.05) is 11.8 Å². The number of rotatable bonds is 5. The van der Waals surface area contributed by atoms with E-state index in [2.05, 4.69) is 29.7 Å². The van der Waals surface area contributed by atoms with Gasteiger partial charge in [0.05, 0.1) is 29.6 Å². The quantitative estimate of drug-likeness (QED) is 0.513. The topological polar surface area (TPSA) is 35.8 Å². The van der Waals surface area contributed by atoms with Crippen LogP contribution in [-0.4, -0.2) is 23.1 Å². The predicted octanol–water partition coefficient (Wildman–Crippen LogP) is 5.01. The summed E-state index contributed by atoms with van der Waals surface area (Å²) in [6, 6.07) is 14.2. The molecule has 0 bridgehead atoms. The second-order valence-electron chi connectivity index (χ2n) is 5.56. The lowest BCUT2D eigenvalue weighted by Gasteiger charge is -2.05. The summed E-state index contributed by atoms with van der Waals surface area (Å²) < 4.78 is 14.5. The molecule has 2 aromatic heterocycles. The van der Waals surface area contributed by atoms with E-state index in [-0.39, 0.29) is 0 Å². The zero-order valence-electron chi connectivity index (χ0n) is 13.7. The minimum absolute atomic E-state index is 0.742. The van der Waals surface area contributed by atoms with Gasteiger partial charge in [0.2, 0.25) is 0 Å². The predicted molar refractivity (Wildman–Crippen MR) is 98.3 cm³/mol. The van der Waals surface area contributed by atoms with Crippen molar-refractivity contribution in [1.29, 1.82) is 0 Å². The van der Waals surface area contributed by atoms with E-state index in [1.165, 1.54) is 4.70 Å². The van der Waals surface area contributed by atoms with Crippen molar-refractivity contribution in [3.63, 3.8) is 0 Å². The Labute approximate surface area is 144 Å². The summed E-state index contributed by atoms with van der Waals surface area (Å²) in [6.07, 6.45) is 3.08. The van der Waals surface area contributed by atoms with Gasteiger partial charge in [-0.1, -0.05) is 30.4 Å². The SMILES string of the molecule is CCCOc1ccc2c(c1)sc1nc(-c3ccccc3OC)cn12. The number of para-hydroxylation sites is 1. The maximum absolute atomic E-state index is 5.72. The largest absolute Gasteiger partial charge is 0.496 e. The Morgan fingerprint density at radius 2 is 2.04 bits per heavy atom.